The molecule has 5 rings (SSSR count). The number of benzene rings is 2. The fourth-order valence-corrected chi connectivity index (χ4v) is 4.33. The quantitative estimate of drug-likeness (QED) is 0.453. The molecular weight excluding hydrogens is 443 g/mol. The average molecular weight is 465 g/mol. The molecule has 1 aliphatic rings. The Balaban J connectivity index is 1.42. The number of carbonyl (C=O) groups excluding carboxylic acids is 1. The highest BCUT2D eigenvalue weighted by Crippen LogP contribution is 2.27. The van der Waals surface area contributed by atoms with E-state index < -0.39 is 0 Å². The minimum Gasteiger partial charge on any atom is -0.354 e. The molecule has 3 heterocycles. The van der Waals surface area contributed by atoms with Crippen molar-refractivity contribution in [1.29, 1.82) is 0 Å². The molecule has 33 heavy (non-hydrogen) atoms. The lowest BCUT2D eigenvalue weighted by atomic mass is 10.2. The Kier molecular flexibility index (Phi) is 5.68. The van der Waals surface area contributed by atoms with E-state index in [1.807, 2.05) is 36.1 Å². The first-order chi connectivity index (χ1) is 16.0. The fourth-order valence-electron chi connectivity index (χ4n) is 4.14. The zero-order chi connectivity index (χ0) is 22.9. The molecule has 7 nitrogen and oxygen atoms in total. The number of anilines is 1. The van der Waals surface area contributed by atoms with Crippen LogP contribution in [0.5, 0.6) is 0 Å². The predicted molar refractivity (Wildman–Crippen MR) is 126 cm³/mol. The standard InChI is InChI=1S/C24H22ClFN6O/c1-16-28-22(21-15-27-32(23(21)29-16)20-5-2-4-18(25)14-20)30-10-3-11-31(13-12-30)24(33)17-6-8-19(26)9-7-17/h2,4-9,14-15H,3,10-13H2,1H3. The number of aromatic nitrogens is 4. The van der Waals surface area contributed by atoms with Gasteiger partial charge < -0.3 is 9.80 Å². The number of hydrogen-bond acceptors (Lipinski definition) is 5. The highest BCUT2D eigenvalue weighted by atomic mass is 35.5. The summed E-state index contributed by atoms with van der Waals surface area (Å²) in [5.74, 6) is 1.01. The highest BCUT2D eigenvalue weighted by molar-refractivity contribution is 6.30. The van der Waals surface area contributed by atoms with Crippen LogP contribution < -0.4 is 4.90 Å². The lowest BCUT2D eigenvalue weighted by Crippen LogP contribution is -2.35. The first-order valence-electron chi connectivity index (χ1n) is 10.8. The van der Waals surface area contributed by atoms with Crippen LogP contribution in [0.3, 0.4) is 0 Å². The number of carbonyl (C=O) groups is 1. The van der Waals surface area contributed by atoms with Gasteiger partial charge in [-0.15, -0.1) is 0 Å². The molecule has 0 bridgehead atoms. The van der Waals surface area contributed by atoms with Gasteiger partial charge in [-0.2, -0.15) is 5.10 Å². The zero-order valence-electron chi connectivity index (χ0n) is 18.1. The van der Waals surface area contributed by atoms with E-state index in [2.05, 4.69) is 15.0 Å². The Hall–Kier alpha value is -3.52. The SMILES string of the molecule is Cc1nc(N2CCCN(C(=O)c3ccc(F)cc3)CC2)c2cnn(-c3cccc(Cl)c3)c2n1. The number of aryl methyl sites for hydroxylation is 1. The van der Waals surface area contributed by atoms with E-state index in [9.17, 15) is 9.18 Å². The molecule has 0 spiro atoms. The number of nitrogens with zero attached hydrogens (tertiary/aromatic N) is 6. The van der Waals surface area contributed by atoms with Crippen molar-refractivity contribution in [3.8, 4) is 5.69 Å². The molecule has 0 unspecified atom stereocenters. The van der Waals surface area contributed by atoms with Crippen molar-refractivity contribution in [1.82, 2.24) is 24.6 Å². The van der Waals surface area contributed by atoms with E-state index in [1.54, 1.807) is 10.9 Å². The van der Waals surface area contributed by atoms with Crippen molar-refractivity contribution in [2.75, 3.05) is 31.1 Å². The summed E-state index contributed by atoms with van der Waals surface area (Å²) >= 11 is 6.17. The Labute approximate surface area is 195 Å². The van der Waals surface area contributed by atoms with Crippen LogP contribution >= 0.6 is 11.6 Å². The van der Waals surface area contributed by atoms with Gasteiger partial charge in [-0.05, 0) is 55.8 Å². The van der Waals surface area contributed by atoms with E-state index in [0.29, 0.717) is 41.7 Å². The number of fused-ring (bicyclic) bond motifs is 1. The van der Waals surface area contributed by atoms with Crippen molar-refractivity contribution >= 4 is 34.4 Å². The van der Waals surface area contributed by atoms with Gasteiger partial charge >= 0.3 is 0 Å². The molecule has 0 radical (unpaired) electrons. The number of amides is 1. The van der Waals surface area contributed by atoms with E-state index in [4.69, 9.17) is 16.6 Å². The number of hydrogen-bond donors (Lipinski definition) is 0. The summed E-state index contributed by atoms with van der Waals surface area (Å²) in [6.07, 6.45) is 2.57. The first-order valence-corrected chi connectivity index (χ1v) is 11.2. The maximum absolute atomic E-state index is 13.2. The van der Waals surface area contributed by atoms with Crippen molar-refractivity contribution in [3.05, 3.63) is 77.0 Å². The molecule has 1 saturated heterocycles. The van der Waals surface area contributed by atoms with Gasteiger partial charge in [0.05, 0.1) is 17.3 Å². The van der Waals surface area contributed by atoms with Crippen LogP contribution in [0.1, 0.15) is 22.6 Å². The van der Waals surface area contributed by atoms with Crippen LogP contribution in [-0.2, 0) is 0 Å². The van der Waals surface area contributed by atoms with Gasteiger partial charge in [0.1, 0.15) is 17.5 Å². The molecule has 0 saturated carbocycles. The molecule has 1 fully saturated rings. The van der Waals surface area contributed by atoms with Gasteiger partial charge in [-0.1, -0.05) is 17.7 Å². The van der Waals surface area contributed by atoms with Gasteiger partial charge in [0.15, 0.2) is 5.65 Å². The largest absolute Gasteiger partial charge is 0.354 e. The van der Waals surface area contributed by atoms with E-state index >= 15 is 0 Å². The van der Waals surface area contributed by atoms with Crippen LogP contribution in [0, 0.1) is 12.7 Å². The Morgan fingerprint density at radius 1 is 1.03 bits per heavy atom. The second kappa shape index (κ2) is 8.78. The summed E-state index contributed by atoms with van der Waals surface area (Å²) in [4.78, 5) is 26.2. The minimum atomic E-state index is -0.352. The Morgan fingerprint density at radius 3 is 2.64 bits per heavy atom. The van der Waals surface area contributed by atoms with Crippen molar-refractivity contribution in [2.45, 2.75) is 13.3 Å². The maximum Gasteiger partial charge on any atom is 0.253 e. The van der Waals surface area contributed by atoms with Gasteiger partial charge in [0, 0.05) is 36.8 Å². The van der Waals surface area contributed by atoms with Gasteiger partial charge in [-0.3, -0.25) is 4.79 Å². The molecule has 0 atom stereocenters. The molecule has 2 aromatic heterocycles. The first kappa shape index (κ1) is 21.3. The topological polar surface area (TPSA) is 67.2 Å². The predicted octanol–water partition coefficient (Wildman–Crippen LogP) is 4.27. The Bertz CT molecular complexity index is 1320. The summed E-state index contributed by atoms with van der Waals surface area (Å²) in [5, 5.41) is 6.02. The van der Waals surface area contributed by atoms with Crippen LogP contribution in [-0.4, -0.2) is 56.7 Å². The monoisotopic (exact) mass is 464 g/mol. The third-order valence-electron chi connectivity index (χ3n) is 5.75. The highest BCUT2D eigenvalue weighted by Gasteiger charge is 2.23. The second-order valence-corrected chi connectivity index (χ2v) is 8.44. The number of halogens is 2. The third-order valence-corrected chi connectivity index (χ3v) is 5.98. The minimum absolute atomic E-state index is 0.0883. The molecule has 4 aromatic rings. The van der Waals surface area contributed by atoms with Crippen molar-refractivity contribution in [3.63, 3.8) is 0 Å². The van der Waals surface area contributed by atoms with Gasteiger partial charge in [0.2, 0.25) is 0 Å². The smallest absolute Gasteiger partial charge is 0.253 e. The van der Waals surface area contributed by atoms with Crippen LogP contribution in [0.4, 0.5) is 10.2 Å². The van der Waals surface area contributed by atoms with Crippen LogP contribution in [0.25, 0.3) is 16.7 Å². The molecular formula is C24H22ClFN6O. The fraction of sp³-hybridized carbons (Fsp3) is 0.250. The summed E-state index contributed by atoms with van der Waals surface area (Å²) in [6.45, 7) is 4.41. The van der Waals surface area contributed by atoms with E-state index in [0.717, 1.165) is 29.9 Å². The van der Waals surface area contributed by atoms with Crippen molar-refractivity contribution in [2.24, 2.45) is 0 Å². The summed E-state index contributed by atoms with van der Waals surface area (Å²) in [7, 11) is 0. The maximum atomic E-state index is 13.2. The molecule has 9 heteroatoms. The second-order valence-electron chi connectivity index (χ2n) is 8.01. The summed E-state index contributed by atoms with van der Waals surface area (Å²) in [5.41, 5.74) is 2.03. The van der Waals surface area contributed by atoms with E-state index in [-0.39, 0.29) is 11.7 Å². The zero-order valence-corrected chi connectivity index (χ0v) is 18.8. The number of rotatable bonds is 3. The normalized spacial score (nSPS) is 14.5. The summed E-state index contributed by atoms with van der Waals surface area (Å²) < 4.78 is 15.0. The van der Waals surface area contributed by atoms with E-state index in [1.165, 1.54) is 24.3 Å². The summed E-state index contributed by atoms with van der Waals surface area (Å²) in [6, 6.07) is 13.2. The van der Waals surface area contributed by atoms with Gasteiger partial charge in [-0.25, -0.2) is 19.0 Å². The third kappa shape index (κ3) is 4.26. The molecule has 1 aliphatic heterocycles. The average Bonchev–Trinajstić information content (AvgIpc) is 3.07. The molecule has 0 aliphatic carbocycles. The van der Waals surface area contributed by atoms with Gasteiger partial charge in [0.25, 0.3) is 5.91 Å². The van der Waals surface area contributed by atoms with Crippen molar-refractivity contribution < 1.29 is 9.18 Å². The molecule has 1 amide bonds. The lowest BCUT2D eigenvalue weighted by molar-refractivity contribution is 0.0767. The Morgan fingerprint density at radius 2 is 1.85 bits per heavy atom. The van der Waals surface area contributed by atoms with Crippen LogP contribution in [0.2, 0.25) is 5.02 Å². The molecule has 168 valence electrons. The molecule has 0 N–H and O–H groups in total. The molecule has 2 aromatic carbocycles. The lowest BCUT2D eigenvalue weighted by Gasteiger charge is -2.23. The van der Waals surface area contributed by atoms with Crippen LogP contribution in [0.15, 0.2) is 54.7 Å².